The van der Waals surface area contributed by atoms with Crippen LogP contribution in [0.15, 0.2) is 83.8 Å². The molecule has 0 radical (unpaired) electrons. The first-order valence-electron chi connectivity index (χ1n) is 9.15. The molecule has 142 valence electrons. The van der Waals surface area contributed by atoms with Crippen LogP contribution in [0.4, 0.5) is 0 Å². The van der Waals surface area contributed by atoms with Crippen molar-refractivity contribution in [2.75, 3.05) is 0 Å². The van der Waals surface area contributed by atoms with Crippen molar-refractivity contribution in [1.29, 1.82) is 0 Å². The maximum Gasteiger partial charge on any atom is 0.244 e. The van der Waals surface area contributed by atoms with Crippen LogP contribution in [0.5, 0.6) is 0 Å². The second kappa shape index (κ2) is 7.00. The highest BCUT2D eigenvalue weighted by atomic mass is 32.2. The summed E-state index contributed by atoms with van der Waals surface area (Å²) in [4.78, 5) is 13.3. The molecule has 1 saturated heterocycles. The molecule has 0 aliphatic carbocycles. The molecule has 1 fully saturated rings. The first-order valence-corrected chi connectivity index (χ1v) is 10.6. The topological polar surface area (TPSA) is 54.2 Å². The zero-order chi connectivity index (χ0) is 19.9. The van der Waals surface area contributed by atoms with Crippen LogP contribution in [0.25, 0.3) is 0 Å². The number of carbonyl (C=O) groups is 1. The van der Waals surface area contributed by atoms with Crippen molar-refractivity contribution in [1.82, 2.24) is 4.31 Å². The van der Waals surface area contributed by atoms with Crippen LogP contribution in [-0.2, 0) is 10.0 Å². The van der Waals surface area contributed by atoms with E-state index in [9.17, 15) is 13.2 Å². The van der Waals surface area contributed by atoms with E-state index in [1.807, 2.05) is 56.3 Å². The Bertz CT molecular complexity index is 1100. The Morgan fingerprint density at radius 3 is 1.89 bits per heavy atom. The molecule has 0 spiro atoms. The number of ketones is 1. The van der Waals surface area contributed by atoms with Gasteiger partial charge in [0.2, 0.25) is 10.0 Å². The summed E-state index contributed by atoms with van der Waals surface area (Å²) in [6, 6.07) is 22.1. The van der Waals surface area contributed by atoms with Gasteiger partial charge in [0.25, 0.3) is 0 Å². The van der Waals surface area contributed by atoms with Crippen LogP contribution >= 0.6 is 0 Å². The predicted molar refractivity (Wildman–Crippen MR) is 109 cm³/mol. The van der Waals surface area contributed by atoms with Gasteiger partial charge in [0.15, 0.2) is 5.78 Å². The molecule has 0 N–H and O–H groups in total. The first-order chi connectivity index (χ1) is 13.4. The Hall–Kier alpha value is -2.76. The van der Waals surface area contributed by atoms with E-state index >= 15 is 0 Å². The molecule has 28 heavy (non-hydrogen) atoms. The zero-order valence-electron chi connectivity index (χ0n) is 15.7. The lowest BCUT2D eigenvalue weighted by Crippen LogP contribution is -2.19. The molecule has 0 amide bonds. The molecule has 5 heteroatoms. The molecule has 3 unspecified atom stereocenters. The highest BCUT2D eigenvalue weighted by molar-refractivity contribution is 7.89. The van der Waals surface area contributed by atoms with Crippen molar-refractivity contribution < 1.29 is 13.2 Å². The average Bonchev–Trinajstić information content (AvgIpc) is 3.46. The van der Waals surface area contributed by atoms with Crippen molar-refractivity contribution in [3.8, 4) is 0 Å². The molecule has 1 aliphatic rings. The molecule has 0 aromatic heterocycles. The Kier molecular flexibility index (Phi) is 4.65. The Morgan fingerprint density at radius 2 is 1.32 bits per heavy atom. The van der Waals surface area contributed by atoms with Crippen LogP contribution in [0.1, 0.15) is 33.1 Å². The van der Waals surface area contributed by atoms with Crippen molar-refractivity contribution in [3.63, 3.8) is 0 Å². The summed E-state index contributed by atoms with van der Waals surface area (Å²) in [5.74, 6) is -0.176. The fourth-order valence-electron chi connectivity index (χ4n) is 3.47. The molecular formula is C23H21NO3S. The Labute approximate surface area is 165 Å². The van der Waals surface area contributed by atoms with Gasteiger partial charge >= 0.3 is 0 Å². The van der Waals surface area contributed by atoms with Gasteiger partial charge in [0, 0.05) is 5.56 Å². The summed E-state index contributed by atoms with van der Waals surface area (Å²) in [5, 5.41) is 0. The van der Waals surface area contributed by atoms with Crippen LogP contribution < -0.4 is 0 Å². The van der Waals surface area contributed by atoms with Crippen LogP contribution in [0, 0.1) is 13.8 Å². The molecule has 4 rings (SSSR count). The van der Waals surface area contributed by atoms with E-state index in [0.717, 1.165) is 16.7 Å². The van der Waals surface area contributed by atoms with Gasteiger partial charge in [-0.25, -0.2) is 8.42 Å². The van der Waals surface area contributed by atoms with Gasteiger partial charge in [-0.05, 0) is 31.5 Å². The van der Waals surface area contributed by atoms with Gasteiger partial charge in [-0.3, -0.25) is 4.79 Å². The van der Waals surface area contributed by atoms with Crippen molar-refractivity contribution in [3.05, 3.63) is 101 Å². The SMILES string of the molecule is Cc1ccc(C(=O)C2C(c3ccccc3)N2S(=O)(=O)c2ccc(C)cc2)cc1. The van der Waals surface area contributed by atoms with Gasteiger partial charge in [0.05, 0.1) is 10.9 Å². The summed E-state index contributed by atoms with van der Waals surface area (Å²) >= 11 is 0. The van der Waals surface area contributed by atoms with E-state index in [1.54, 1.807) is 36.4 Å². The number of hydrogen-bond acceptors (Lipinski definition) is 3. The molecule has 1 heterocycles. The van der Waals surface area contributed by atoms with E-state index in [4.69, 9.17) is 0 Å². The number of benzene rings is 3. The highest BCUT2D eigenvalue weighted by Gasteiger charge is 2.60. The van der Waals surface area contributed by atoms with Crippen molar-refractivity contribution >= 4 is 15.8 Å². The Morgan fingerprint density at radius 1 is 0.786 bits per heavy atom. The monoisotopic (exact) mass is 391 g/mol. The van der Waals surface area contributed by atoms with Gasteiger partial charge in [-0.2, -0.15) is 4.31 Å². The van der Waals surface area contributed by atoms with Crippen LogP contribution in [-0.4, -0.2) is 24.5 Å². The van der Waals surface area contributed by atoms with Crippen molar-refractivity contribution in [2.24, 2.45) is 0 Å². The maximum absolute atomic E-state index is 13.3. The number of sulfonamides is 1. The lowest BCUT2D eigenvalue weighted by Gasteiger charge is -2.07. The molecule has 3 aromatic rings. The van der Waals surface area contributed by atoms with E-state index in [1.165, 1.54) is 4.31 Å². The third-order valence-corrected chi connectivity index (χ3v) is 6.98. The Balaban J connectivity index is 1.74. The fraction of sp³-hybridized carbons (Fsp3) is 0.174. The third kappa shape index (κ3) is 3.28. The summed E-state index contributed by atoms with van der Waals surface area (Å²) in [7, 11) is -3.78. The number of nitrogens with zero attached hydrogens (tertiary/aromatic N) is 1. The second-order valence-corrected chi connectivity index (χ2v) is 9.02. The number of carbonyl (C=O) groups excluding carboxylic acids is 1. The molecule has 1 aliphatic heterocycles. The van der Waals surface area contributed by atoms with Gasteiger partial charge in [-0.15, -0.1) is 0 Å². The minimum Gasteiger partial charge on any atom is -0.292 e. The fourth-order valence-corrected chi connectivity index (χ4v) is 5.18. The van der Waals surface area contributed by atoms with Gasteiger partial charge in [0.1, 0.15) is 6.04 Å². The molecule has 0 bridgehead atoms. The quantitative estimate of drug-likeness (QED) is 0.481. The second-order valence-electron chi connectivity index (χ2n) is 7.18. The lowest BCUT2D eigenvalue weighted by atomic mass is 10.0. The smallest absolute Gasteiger partial charge is 0.244 e. The molecular weight excluding hydrogens is 370 g/mol. The van der Waals surface area contributed by atoms with Crippen LogP contribution in [0.2, 0.25) is 0 Å². The number of Topliss-reactive ketones (excluding diaryl/α,β-unsaturated/α-hetero) is 1. The van der Waals surface area contributed by atoms with Crippen LogP contribution in [0.3, 0.4) is 0 Å². The summed E-state index contributed by atoms with van der Waals surface area (Å²) in [6.07, 6.45) is 0. The molecule has 3 aromatic carbocycles. The number of aryl methyl sites for hydroxylation is 2. The van der Waals surface area contributed by atoms with Gasteiger partial charge in [-0.1, -0.05) is 77.9 Å². The summed E-state index contributed by atoms with van der Waals surface area (Å²) < 4.78 is 27.9. The van der Waals surface area contributed by atoms with Gasteiger partial charge < -0.3 is 0 Å². The average molecular weight is 391 g/mol. The third-order valence-electron chi connectivity index (χ3n) is 5.10. The molecule has 4 nitrogen and oxygen atoms in total. The minimum absolute atomic E-state index is 0.176. The number of hydrogen-bond donors (Lipinski definition) is 0. The number of rotatable bonds is 5. The normalized spacial score (nSPS) is 21.3. The minimum atomic E-state index is -3.78. The van der Waals surface area contributed by atoms with E-state index in [-0.39, 0.29) is 10.7 Å². The molecule has 0 saturated carbocycles. The van der Waals surface area contributed by atoms with E-state index in [2.05, 4.69) is 0 Å². The predicted octanol–water partition coefficient (Wildman–Crippen LogP) is 4.30. The van der Waals surface area contributed by atoms with Crippen molar-refractivity contribution in [2.45, 2.75) is 30.8 Å². The lowest BCUT2D eigenvalue weighted by molar-refractivity contribution is 0.0981. The summed E-state index contributed by atoms with van der Waals surface area (Å²) in [5.41, 5.74) is 3.38. The largest absolute Gasteiger partial charge is 0.292 e. The maximum atomic E-state index is 13.3. The standard InChI is InChI=1S/C23H21NO3S/c1-16-8-12-19(13-9-16)23(25)22-21(18-6-4-3-5-7-18)24(22)28(26,27)20-14-10-17(2)11-15-20/h3-15,21-22H,1-2H3. The highest BCUT2D eigenvalue weighted by Crippen LogP contribution is 2.49. The molecule has 3 atom stereocenters. The summed E-state index contributed by atoms with van der Waals surface area (Å²) in [6.45, 7) is 3.86. The van der Waals surface area contributed by atoms with E-state index < -0.39 is 22.1 Å². The first kappa shape index (κ1) is 18.6. The van der Waals surface area contributed by atoms with E-state index in [0.29, 0.717) is 5.56 Å². The zero-order valence-corrected chi connectivity index (χ0v) is 16.6.